The normalized spacial score (nSPS) is 26.2. The molecule has 20 heavy (non-hydrogen) atoms. The number of furan rings is 1. The molecule has 3 heterocycles. The Kier molecular flexibility index (Phi) is 3.16. The molecule has 2 fully saturated rings. The monoisotopic (exact) mass is 278 g/mol. The van der Waals surface area contributed by atoms with Crippen LogP contribution in [0.15, 0.2) is 16.7 Å². The van der Waals surface area contributed by atoms with Crippen molar-refractivity contribution < 1.29 is 18.7 Å². The number of rotatable bonds is 1. The van der Waals surface area contributed by atoms with Gasteiger partial charge in [0.05, 0.1) is 18.4 Å². The van der Waals surface area contributed by atoms with Gasteiger partial charge in [-0.25, -0.2) is 4.79 Å². The zero-order valence-electron chi connectivity index (χ0n) is 11.5. The van der Waals surface area contributed by atoms with E-state index >= 15 is 0 Å². The number of hydrogen-bond donors (Lipinski definition) is 1. The number of carbonyl (C=O) groups excluding carboxylic acids is 2. The Balaban J connectivity index is 1.70. The summed E-state index contributed by atoms with van der Waals surface area (Å²) in [5, 5.41) is 2.71. The number of carbonyl (C=O) groups is 2. The molecule has 0 radical (unpaired) electrons. The highest BCUT2D eigenvalue weighted by molar-refractivity contribution is 5.95. The molecule has 2 saturated heterocycles. The van der Waals surface area contributed by atoms with Crippen molar-refractivity contribution in [2.75, 3.05) is 19.6 Å². The van der Waals surface area contributed by atoms with E-state index in [1.54, 1.807) is 13.0 Å². The van der Waals surface area contributed by atoms with Crippen LogP contribution in [-0.2, 0) is 4.74 Å². The minimum atomic E-state index is -0.433. The lowest BCUT2D eigenvalue weighted by atomic mass is 9.95. The van der Waals surface area contributed by atoms with Crippen LogP contribution in [0.3, 0.4) is 0 Å². The van der Waals surface area contributed by atoms with E-state index in [9.17, 15) is 9.59 Å². The third kappa shape index (κ3) is 2.26. The van der Waals surface area contributed by atoms with Crippen molar-refractivity contribution in [2.45, 2.75) is 31.8 Å². The van der Waals surface area contributed by atoms with Crippen LogP contribution in [0.1, 0.15) is 35.4 Å². The molecule has 1 spiro atoms. The molecule has 3 rings (SSSR count). The van der Waals surface area contributed by atoms with Crippen molar-refractivity contribution in [3.63, 3.8) is 0 Å². The number of nitrogens with zero attached hydrogens (tertiary/aromatic N) is 1. The summed E-state index contributed by atoms with van der Waals surface area (Å²) in [6.07, 6.45) is 3.48. The molecule has 2 aliphatic rings. The van der Waals surface area contributed by atoms with E-state index in [4.69, 9.17) is 9.15 Å². The standard InChI is InChI=1S/C14H18N2O4/c1-10-11(3-8-19-10)12(17)16-6-2-4-14(5-7-16)9-15-13(18)20-14/h3,8H,2,4-7,9H2,1H3,(H,15,18)/t14-/m0/s1. The molecule has 0 unspecified atom stereocenters. The highest BCUT2D eigenvalue weighted by atomic mass is 16.6. The molecule has 0 saturated carbocycles. The molecule has 1 aromatic heterocycles. The van der Waals surface area contributed by atoms with Gasteiger partial charge in [-0.15, -0.1) is 0 Å². The number of alkyl carbamates (subject to hydrolysis) is 1. The zero-order valence-corrected chi connectivity index (χ0v) is 11.5. The summed E-state index contributed by atoms with van der Waals surface area (Å²) >= 11 is 0. The van der Waals surface area contributed by atoms with Crippen molar-refractivity contribution >= 4 is 12.0 Å². The fraction of sp³-hybridized carbons (Fsp3) is 0.571. The minimum absolute atomic E-state index is 0.00872. The van der Waals surface area contributed by atoms with Crippen molar-refractivity contribution in [3.05, 3.63) is 23.7 Å². The van der Waals surface area contributed by atoms with E-state index < -0.39 is 5.60 Å². The van der Waals surface area contributed by atoms with E-state index in [2.05, 4.69) is 5.32 Å². The molecule has 0 bridgehead atoms. The summed E-state index contributed by atoms with van der Waals surface area (Å²) in [7, 11) is 0. The number of likely N-dealkylation sites (tertiary alicyclic amines) is 1. The molecule has 0 aliphatic carbocycles. The summed E-state index contributed by atoms with van der Waals surface area (Å²) < 4.78 is 10.6. The van der Waals surface area contributed by atoms with Crippen LogP contribution in [0.4, 0.5) is 4.79 Å². The summed E-state index contributed by atoms with van der Waals surface area (Å²) in [5.41, 5.74) is 0.180. The van der Waals surface area contributed by atoms with Gasteiger partial charge in [0.15, 0.2) is 0 Å². The molecule has 0 aromatic carbocycles. The van der Waals surface area contributed by atoms with E-state index in [1.807, 2.05) is 4.90 Å². The number of ether oxygens (including phenoxy) is 1. The van der Waals surface area contributed by atoms with Gasteiger partial charge in [-0.1, -0.05) is 0 Å². The van der Waals surface area contributed by atoms with Crippen LogP contribution < -0.4 is 5.32 Å². The quantitative estimate of drug-likeness (QED) is 0.848. The lowest BCUT2D eigenvalue weighted by molar-refractivity contribution is 0.0438. The molecule has 1 atom stereocenters. The van der Waals surface area contributed by atoms with Crippen LogP contribution in [0.2, 0.25) is 0 Å². The van der Waals surface area contributed by atoms with Crippen molar-refractivity contribution in [2.24, 2.45) is 0 Å². The predicted octanol–water partition coefficient (Wildman–Crippen LogP) is 1.69. The summed E-state index contributed by atoms with van der Waals surface area (Å²) in [5.74, 6) is 0.633. The summed E-state index contributed by atoms with van der Waals surface area (Å²) in [4.78, 5) is 25.5. The molecule has 108 valence electrons. The molecule has 1 N–H and O–H groups in total. The second kappa shape index (κ2) is 4.85. The summed E-state index contributed by atoms with van der Waals surface area (Å²) in [6.45, 7) is 3.61. The molecule has 2 amide bonds. The SMILES string of the molecule is Cc1occc1C(=O)N1CCC[C@]2(CC1)CNC(=O)O2. The van der Waals surface area contributed by atoms with Crippen LogP contribution in [0.5, 0.6) is 0 Å². The highest BCUT2D eigenvalue weighted by Crippen LogP contribution is 2.30. The van der Waals surface area contributed by atoms with Gasteiger partial charge in [0.25, 0.3) is 5.91 Å². The zero-order chi connectivity index (χ0) is 14.2. The number of nitrogens with one attached hydrogen (secondary N) is 1. The average molecular weight is 278 g/mol. The highest BCUT2D eigenvalue weighted by Gasteiger charge is 2.42. The Hall–Kier alpha value is -1.98. The Bertz CT molecular complexity index is 539. The Morgan fingerprint density at radius 3 is 2.90 bits per heavy atom. The van der Waals surface area contributed by atoms with Crippen molar-refractivity contribution in [3.8, 4) is 0 Å². The lowest BCUT2D eigenvalue weighted by Gasteiger charge is -2.24. The molecular weight excluding hydrogens is 260 g/mol. The number of hydrogen-bond acceptors (Lipinski definition) is 4. The maximum Gasteiger partial charge on any atom is 0.407 e. The second-order valence-electron chi connectivity index (χ2n) is 5.46. The van der Waals surface area contributed by atoms with Crippen LogP contribution in [-0.4, -0.2) is 42.1 Å². The number of aryl methyl sites for hydroxylation is 1. The number of amides is 2. The van der Waals surface area contributed by atoms with Crippen LogP contribution >= 0.6 is 0 Å². The van der Waals surface area contributed by atoms with Crippen molar-refractivity contribution in [1.29, 1.82) is 0 Å². The molecular formula is C14H18N2O4. The van der Waals surface area contributed by atoms with Crippen LogP contribution in [0, 0.1) is 6.92 Å². The van der Waals surface area contributed by atoms with E-state index in [1.165, 1.54) is 6.26 Å². The topological polar surface area (TPSA) is 71.8 Å². The average Bonchev–Trinajstić information content (AvgIpc) is 2.93. The van der Waals surface area contributed by atoms with Gasteiger partial charge in [-0.3, -0.25) is 4.79 Å². The molecule has 2 aliphatic heterocycles. The Morgan fingerprint density at radius 2 is 2.25 bits per heavy atom. The molecule has 6 heteroatoms. The van der Waals surface area contributed by atoms with Crippen LogP contribution in [0.25, 0.3) is 0 Å². The maximum absolute atomic E-state index is 12.4. The van der Waals surface area contributed by atoms with Gasteiger partial charge < -0.3 is 19.4 Å². The van der Waals surface area contributed by atoms with Gasteiger partial charge in [0.1, 0.15) is 11.4 Å². The first-order valence-corrected chi connectivity index (χ1v) is 6.90. The molecule has 1 aromatic rings. The van der Waals surface area contributed by atoms with Gasteiger partial charge in [-0.05, 0) is 25.8 Å². The van der Waals surface area contributed by atoms with Gasteiger partial charge in [-0.2, -0.15) is 0 Å². The van der Waals surface area contributed by atoms with E-state index in [-0.39, 0.29) is 12.0 Å². The third-order valence-electron chi connectivity index (χ3n) is 4.14. The third-order valence-corrected chi connectivity index (χ3v) is 4.14. The predicted molar refractivity (Wildman–Crippen MR) is 70.4 cm³/mol. The van der Waals surface area contributed by atoms with E-state index in [0.29, 0.717) is 37.4 Å². The Labute approximate surface area is 117 Å². The maximum atomic E-state index is 12.4. The largest absolute Gasteiger partial charge is 0.469 e. The fourth-order valence-corrected chi connectivity index (χ4v) is 2.93. The van der Waals surface area contributed by atoms with Gasteiger partial charge >= 0.3 is 6.09 Å². The minimum Gasteiger partial charge on any atom is -0.469 e. The first-order valence-electron chi connectivity index (χ1n) is 6.90. The fourth-order valence-electron chi connectivity index (χ4n) is 2.93. The van der Waals surface area contributed by atoms with Gasteiger partial charge in [0.2, 0.25) is 0 Å². The van der Waals surface area contributed by atoms with Gasteiger partial charge in [0, 0.05) is 19.5 Å². The molecule has 6 nitrogen and oxygen atoms in total. The first-order chi connectivity index (χ1) is 9.60. The Morgan fingerprint density at radius 1 is 1.40 bits per heavy atom. The summed E-state index contributed by atoms with van der Waals surface area (Å²) in [6, 6.07) is 1.70. The first kappa shape index (κ1) is 13.0. The lowest BCUT2D eigenvalue weighted by Crippen LogP contribution is -2.36. The van der Waals surface area contributed by atoms with E-state index in [0.717, 1.165) is 12.8 Å². The van der Waals surface area contributed by atoms with Crippen molar-refractivity contribution in [1.82, 2.24) is 10.2 Å². The smallest absolute Gasteiger partial charge is 0.407 e. The second-order valence-corrected chi connectivity index (χ2v) is 5.46.